The van der Waals surface area contributed by atoms with Gasteiger partial charge >= 0.3 is 6.09 Å². The lowest BCUT2D eigenvalue weighted by Crippen LogP contribution is -2.35. The Morgan fingerprint density at radius 2 is 1.88 bits per heavy atom. The van der Waals surface area contributed by atoms with Gasteiger partial charge in [-0.2, -0.15) is 0 Å². The molecule has 1 amide bonds. The van der Waals surface area contributed by atoms with Crippen molar-refractivity contribution in [2.45, 2.75) is 32.4 Å². The van der Waals surface area contributed by atoms with E-state index in [1.807, 2.05) is 75.5 Å². The van der Waals surface area contributed by atoms with Crippen molar-refractivity contribution >= 4 is 32.9 Å². The van der Waals surface area contributed by atoms with E-state index in [1.165, 1.54) is 0 Å². The number of hydrogen-bond acceptors (Lipinski definition) is 2. The fraction of sp³-hybridized carbons (Fsp3) is 0.250. The van der Waals surface area contributed by atoms with Crippen molar-refractivity contribution in [3.8, 4) is 0 Å². The van der Waals surface area contributed by atoms with Gasteiger partial charge in [0.15, 0.2) is 0 Å². The van der Waals surface area contributed by atoms with Gasteiger partial charge in [0.2, 0.25) is 0 Å². The van der Waals surface area contributed by atoms with Crippen molar-refractivity contribution in [1.82, 2.24) is 10.3 Å². The van der Waals surface area contributed by atoms with Crippen LogP contribution in [0.1, 0.15) is 37.9 Å². The van der Waals surface area contributed by atoms with E-state index in [4.69, 9.17) is 4.74 Å². The van der Waals surface area contributed by atoms with Crippen LogP contribution in [0.5, 0.6) is 0 Å². The van der Waals surface area contributed by atoms with Crippen LogP contribution in [0.4, 0.5) is 4.79 Å². The lowest BCUT2D eigenvalue weighted by atomic mass is 9.98. The van der Waals surface area contributed by atoms with E-state index in [-0.39, 0.29) is 6.04 Å². The molecule has 3 aromatic rings. The molecular weight excluding hydrogens is 380 g/mol. The van der Waals surface area contributed by atoms with E-state index in [1.54, 1.807) is 0 Å². The molecule has 0 bridgehead atoms. The van der Waals surface area contributed by atoms with Crippen molar-refractivity contribution in [3.05, 3.63) is 70.3 Å². The van der Waals surface area contributed by atoms with Crippen LogP contribution in [0.2, 0.25) is 0 Å². The van der Waals surface area contributed by atoms with E-state index in [9.17, 15) is 4.79 Å². The number of fused-ring (bicyclic) bond motifs is 1. The van der Waals surface area contributed by atoms with Crippen LogP contribution in [0.3, 0.4) is 0 Å². The van der Waals surface area contributed by atoms with Crippen molar-refractivity contribution in [3.63, 3.8) is 0 Å². The summed E-state index contributed by atoms with van der Waals surface area (Å²) < 4.78 is 6.44. The lowest BCUT2D eigenvalue weighted by Gasteiger charge is -2.24. The summed E-state index contributed by atoms with van der Waals surface area (Å²) in [6, 6.07) is 15.6. The number of hydrogen-bond donors (Lipinski definition) is 2. The van der Waals surface area contributed by atoms with Gasteiger partial charge < -0.3 is 15.0 Å². The summed E-state index contributed by atoms with van der Waals surface area (Å²) in [4.78, 5) is 15.7. The highest BCUT2D eigenvalue weighted by Gasteiger charge is 2.23. The molecule has 1 heterocycles. The third-order valence-electron chi connectivity index (χ3n) is 3.78. The van der Waals surface area contributed by atoms with Crippen molar-refractivity contribution in [1.29, 1.82) is 0 Å². The number of ether oxygens (including phenoxy) is 1. The molecule has 2 aromatic carbocycles. The van der Waals surface area contributed by atoms with Gasteiger partial charge in [-0.25, -0.2) is 4.79 Å². The van der Waals surface area contributed by atoms with Crippen LogP contribution in [0.25, 0.3) is 10.9 Å². The maximum Gasteiger partial charge on any atom is 0.408 e. The van der Waals surface area contributed by atoms with Crippen LogP contribution < -0.4 is 5.32 Å². The van der Waals surface area contributed by atoms with Crippen LogP contribution in [0.15, 0.2) is 59.2 Å². The van der Waals surface area contributed by atoms with E-state index in [2.05, 4.69) is 26.2 Å². The Balaban J connectivity index is 2.02. The summed E-state index contributed by atoms with van der Waals surface area (Å²) in [6.45, 7) is 5.56. The molecule has 25 heavy (non-hydrogen) atoms. The number of benzene rings is 2. The van der Waals surface area contributed by atoms with Crippen LogP contribution in [-0.4, -0.2) is 16.7 Å². The minimum Gasteiger partial charge on any atom is -0.444 e. The maximum atomic E-state index is 12.4. The molecule has 1 atom stereocenters. The first-order chi connectivity index (χ1) is 11.8. The Kier molecular flexibility index (Phi) is 4.86. The molecule has 2 N–H and O–H groups in total. The van der Waals surface area contributed by atoms with E-state index >= 15 is 0 Å². The number of amides is 1. The summed E-state index contributed by atoms with van der Waals surface area (Å²) in [5.74, 6) is 0. The van der Waals surface area contributed by atoms with Crippen molar-refractivity contribution in [2.24, 2.45) is 0 Å². The molecule has 0 aliphatic carbocycles. The number of H-pyrrole nitrogens is 1. The molecule has 130 valence electrons. The Morgan fingerprint density at radius 1 is 1.16 bits per heavy atom. The quantitative estimate of drug-likeness (QED) is 0.605. The predicted octanol–water partition coefficient (Wildman–Crippen LogP) is 5.54. The smallest absolute Gasteiger partial charge is 0.408 e. The summed E-state index contributed by atoms with van der Waals surface area (Å²) in [5.41, 5.74) is 2.46. The van der Waals surface area contributed by atoms with E-state index < -0.39 is 11.7 Å². The second-order valence-corrected chi connectivity index (χ2v) is 7.84. The minimum atomic E-state index is -0.547. The molecule has 0 unspecified atom stereocenters. The van der Waals surface area contributed by atoms with Crippen molar-refractivity contribution in [2.75, 3.05) is 0 Å². The number of nitrogens with one attached hydrogen (secondary N) is 2. The van der Waals surface area contributed by atoms with Gasteiger partial charge in [0.25, 0.3) is 0 Å². The molecule has 0 saturated heterocycles. The highest BCUT2D eigenvalue weighted by Crippen LogP contribution is 2.31. The maximum absolute atomic E-state index is 12.4. The zero-order valence-electron chi connectivity index (χ0n) is 14.5. The predicted molar refractivity (Wildman–Crippen MR) is 104 cm³/mol. The Morgan fingerprint density at radius 3 is 2.56 bits per heavy atom. The van der Waals surface area contributed by atoms with Gasteiger partial charge in [0.05, 0.1) is 6.04 Å². The van der Waals surface area contributed by atoms with Gasteiger partial charge in [-0.15, -0.1) is 0 Å². The van der Waals surface area contributed by atoms with Gasteiger partial charge in [-0.1, -0.05) is 46.3 Å². The molecule has 0 radical (unpaired) electrons. The molecular formula is C20H21BrN2O2. The van der Waals surface area contributed by atoms with Crippen LogP contribution >= 0.6 is 15.9 Å². The second kappa shape index (κ2) is 6.92. The minimum absolute atomic E-state index is 0.306. The number of carbonyl (C=O) groups is 1. The van der Waals surface area contributed by atoms with Crippen LogP contribution in [-0.2, 0) is 4.74 Å². The summed E-state index contributed by atoms with van der Waals surface area (Å²) in [5, 5.41) is 4.06. The summed E-state index contributed by atoms with van der Waals surface area (Å²) >= 11 is 3.52. The fourth-order valence-electron chi connectivity index (χ4n) is 2.76. The standard InChI is InChI=1S/C20H21BrN2O2/c1-20(2,3)25-19(24)23-18(13-7-5-4-6-8-13)16-12-22-17-10-9-14(21)11-15(16)17/h4-12,18,22H,1-3H3,(H,23,24)/t18-/m0/s1. The zero-order valence-corrected chi connectivity index (χ0v) is 16.1. The number of halogens is 1. The third-order valence-corrected chi connectivity index (χ3v) is 4.27. The lowest BCUT2D eigenvalue weighted by molar-refractivity contribution is 0.0512. The highest BCUT2D eigenvalue weighted by atomic mass is 79.9. The number of aromatic amines is 1. The van der Waals surface area contributed by atoms with Crippen molar-refractivity contribution < 1.29 is 9.53 Å². The average Bonchev–Trinajstić information content (AvgIpc) is 2.94. The highest BCUT2D eigenvalue weighted by molar-refractivity contribution is 9.10. The molecule has 1 aromatic heterocycles. The zero-order chi connectivity index (χ0) is 18.0. The Hall–Kier alpha value is -2.27. The summed E-state index contributed by atoms with van der Waals surface area (Å²) in [6.07, 6.45) is 1.50. The first kappa shape index (κ1) is 17.5. The number of carbonyl (C=O) groups excluding carboxylic acids is 1. The average molecular weight is 401 g/mol. The number of rotatable bonds is 3. The molecule has 0 aliphatic rings. The fourth-order valence-corrected chi connectivity index (χ4v) is 3.13. The van der Waals surface area contributed by atoms with Gasteiger partial charge in [-0.3, -0.25) is 0 Å². The largest absolute Gasteiger partial charge is 0.444 e. The molecule has 3 rings (SSSR count). The first-order valence-electron chi connectivity index (χ1n) is 8.14. The normalized spacial score (nSPS) is 12.8. The second-order valence-electron chi connectivity index (χ2n) is 6.92. The molecule has 0 aliphatic heterocycles. The number of alkyl carbamates (subject to hydrolysis) is 1. The SMILES string of the molecule is CC(C)(C)OC(=O)N[C@@H](c1ccccc1)c1c[nH]c2ccc(Br)cc12. The molecule has 0 saturated carbocycles. The first-order valence-corrected chi connectivity index (χ1v) is 8.94. The Bertz CT molecular complexity index is 882. The van der Waals surface area contributed by atoms with E-state index in [0.29, 0.717) is 0 Å². The Labute approximate surface area is 155 Å². The molecule has 4 nitrogen and oxygen atoms in total. The van der Waals surface area contributed by atoms with E-state index in [0.717, 1.165) is 26.5 Å². The van der Waals surface area contributed by atoms with Gasteiger partial charge in [-0.05, 0) is 44.5 Å². The monoisotopic (exact) mass is 400 g/mol. The molecule has 5 heteroatoms. The molecule has 0 spiro atoms. The topological polar surface area (TPSA) is 54.1 Å². The molecule has 0 fully saturated rings. The third kappa shape index (κ3) is 4.23. The van der Waals surface area contributed by atoms with Crippen LogP contribution in [0, 0.1) is 0 Å². The van der Waals surface area contributed by atoms with Gasteiger partial charge in [0, 0.05) is 27.1 Å². The van der Waals surface area contributed by atoms with Gasteiger partial charge in [0.1, 0.15) is 5.60 Å². The number of aromatic nitrogens is 1. The summed E-state index contributed by atoms with van der Waals surface area (Å²) in [7, 11) is 0.